The molecule has 2 atom stereocenters. The number of hydrogen-bond acceptors (Lipinski definition) is 3. The standard InChI is InChI=1S/C19H25N3OS/c1-13-17(14(2)21(4)20-13)12-18(23)22-10-11-24-15(3)19(22)16-8-6-5-7-9-16/h5-9,15,19H,10-12H2,1-4H3/t15-,19-/m1/s1. The first-order valence-corrected chi connectivity index (χ1v) is 9.49. The third-order valence-corrected chi connectivity index (χ3v) is 6.14. The summed E-state index contributed by atoms with van der Waals surface area (Å²) in [5.41, 5.74) is 4.33. The summed E-state index contributed by atoms with van der Waals surface area (Å²) in [5, 5.41) is 4.85. The summed E-state index contributed by atoms with van der Waals surface area (Å²) >= 11 is 1.95. The van der Waals surface area contributed by atoms with Crippen LogP contribution in [0.15, 0.2) is 30.3 Å². The second-order valence-corrected chi connectivity index (χ2v) is 7.95. The Balaban J connectivity index is 1.86. The Morgan fingerprint density at radius 3 is 2.62 bits per heavy atom. The number of hydrogen-bond donors (Lipinski definition) is 0. The zero-order valence-corrected chi connectivity index (χ0v) is 15.6. The summed E-state index contributed by atoms with van der Waals surface area (Å²) in [6.45, 7) is 7.05. The third kappa shape index (κ3) is 3.22. The van der Waals surface area contributed by atoms with Crippen molar-refractivity contribution in [1.82, 2.24) is 14.7 Å². The van der Waals surface area contributed by atoms with E-state index in [1.165, 1.54) is 5.56 Å². The van der Waals surface area contributed by atoms with E-state index in [4.69, 9.17) is 0 Å². The van der Waals surface area contributed by atoms with Crippen LogP contribution in [-0.2, 0) is 18.3 Å². The van der Waals surface area contributed by atoms with E-state index in [-0.39, 0.29) is 11.9 Å². The van der Waals surface area contributed by atoms with E-state index in [0.717, 1.165) is 29.2 Å². The molecule has 0 saturated carbocycles. The topological polar surface area (TPSA) is 38.1 Å². The second kappa shape index (κ2) is 7.01. The van der Waals surface area contributed by atoms with E-state index in [2.05, 4.69) is 41.2 Å². The van der Waals surface area contributed by atoms with Crippen LogP contribution in [-0.4, -0.2) is 38.1 Å². The smallest absolute Gasteiger partial charge is 0.227 e. The molecule has 0 radical (unpaired) electrons. The van der Waals surface area contributed by atoms with Crippen molar-refractivity contribution < 1.29 is 4.79 Å². The maximum Gasteiger partial charge on any atom is 0.227 e. The molecule has 1 aromatic carbocycles. The molecule has 0 spiro atoms. The van der Waals surface area contributed by atoms with Gasteiger partial charge < -0.3 is 4.90 Å². The maximum absolute atomic E-state index is 13.1. The molecule has 24 heavy (non-hydrogen) atoms. The molecule has 0 aliphatic carbocycles. The van der Waals surface area contributed by atoms with Gasteiger partial charge in [-0.15, -0.1) is 0 Å². The van der Waals surface area contributed by atoms with E-state index < -0.39 is 0 Å². The molecule has 1 aliphatic rings. The Kier molecular flexibility index (Phi) is 4.99. The van der Waals surface area contributed by atoms with Crippen molar-refractivity contribution >= 4 is 17.7 Å². The van der Waals surface area contributed by atoms with Crippen LogP contribution in [0.5, 0.6) is 0 Å². The van der Waals surface area contributed by atoms with Crippen molar-refractivity contribution in [3.05, 3.63) is 52.8 Å². The normalized spacial score (nSPS) is 21.1. The number of aromatic nitrogens is 2. The Morgan fingerprint density at radius 2 is 2.00 bits per heavy atom. The molecule has 2 aromatic rings. The van der Waals surface area contributed by atoms with Gasteiger partial charge in [-0.25, -0.2) is 0 Å². The fourth-order valence-corrected chi connectivity index (χ4v) is 4.69. The van der Waals surface area contributed by atoms with Gasteiger partial charge in [-0.3, -0.25) is 9.48 Å². The summed E-state index contributed by atoms with van der Waals surface area (Å²) in [5.74, 6) is 1.21. The van der Waals surface area contributed by atoms with E-state index >= 15 is 0 Å². The zero-order valence-electron chi connectivity index (χ0n) is 14.8. The molecule has 1 aliphatic heterocycles. The lowest BCUT2D eigenvalue weighted by Gasteiger charge is -2.40. The highest BCUT2D eigenvalue weighted by Gasteiger charge is 2.33. The van der Waals surface area contributed by atoms with Gasteiger partial charge in [-0.05, 0) is 19.4 Å². The molecular formula is C19H25N3OS. The minimum atomic E-state index is 0.148. The van der Waals surface area contributed by atoms with Gasteiger partial charge in [0.25, 0.3) is 0 Å². The summed E-state index contributed by atoms with van der Waals surface area (Å²) in [6, 6.07) is 10.5. The summed E-state index contributed by atoms with van der Waals surface area (Å²) in [6.07, 6.45) is 0.437. The molecule has 2 heterocycles. The first-order chi connectivity index (χ1) is 11.5. The largest absolute Gasteiger partial charge is 0.333 e. The van der Waals surface area contributed by atoms with E-state index in [1.54, 1.807) is 0 Å². The number of nitrogens with zero attached hydrogens (tertiary/aromatic N) is 3. The van der Waals surface area contributed by atoms with Crippen LogP contribution < -0.4 is 0 Å². The number of thioether (sulfide) groups is 1. The molecule has 1 amide bonds. The van der Waals surface area contributed by atoms with Crippen LogP contribution >= 0.6 is 11.8 Å². The fourth-order valence-electron chi connectivity index (χ4n) is 3.53. The van der Waals surface area contributed by atoms with Crippen LogP contribution in [0, 0.1) is 13.8 Å². The number of amides is 1. The molecule has 0 N–H and O–H groups in total. The average molecular weight is 343 g/mol. The Morgan fingerprint density at radius 1 is 1.29 bits per heavy atom. The van der Waals surface area contributed by atoms with Crippen LogP contribution in [0.2, 0.25) is 0 Å². The SMILES string of the molecule is Cc1nn(C)c(C)c1CC(=O)N1CCS[C@H](C)[C@@H]1c1ccccc1. The van der Waals surface area contributed by atoms with Crippen LogP contribution in [0.4, 0.5) is 0 Å². The number of benzene rings is 1. The quantitative estimate of drug-likeness (QED) is 0.858. The highest BCUT2D eigenvalue weighted by molar-refractivity contribution is 8.00. The van der Waals surface area contributed by atoms with Gasteiger partial charge in [0.1, 0.15) is 0 Å². The molecule has 1 fully saturated rings. The minimum absolute atomic E-state index is 0.148. The van der Waals surface area contributed by atoms with Crippen molar-refractivity contribution in [3.63, 3.8) is 0 Å². The summed E-state index contributed by atoms with van der Waals surface area (Å²) in [4.78, 5) is 15.2. The maximum atomic E-state index is 13.1. The van der Waals surface area contributed by atoms with Gasteiger partial charge in [0.05, 0.1) is 18.2 Å². The highest BCUT2D eigenvalue weighted by Crippen LogP contribution is 2.36. The minimum Gasteiger partial charge on any atom is -0.333 e. The predicted octanol–water partition coefficient (Wildman–Crippen LogP) is 3.28. The Labute approximate surface area is 148 Å². The molecule has 128 valence electrons. The van der Waals surface area contributed by atoms with Gasteiger partial charge in [0.15, 0.2) is 0 Å². The number of carbonyl (C=O) groups is 1. The van der Waals surface area contributed by atoms with Gasteiger partial charge in [0.2, 0.25) is 5.91 Å². The van der Waals surface area contributed by atoms with Gasteiger partial charge in [-0.2, -0.15) is 16.9 Å². The number of aryl methyl sites for hydroxylation is 2. The average Bonchev–Trinajstić information content (AvgIpc) is 2.81. The monoisotopic (exact) mass is 343 g/mol. The van der Waals surface area contributed by atoms with Gasteiger partial charge >= 0.3 is 0 Å². The molecule has 0 unspecified atom stereocenters. The van der Waals surface area contributed by atoms with E-state index in [9.17, 15) is 4.79 Å². The molecule has 3 rings (SSSR count). The number of rotatable bonds is 3. The van der Waals surface area contributed by atoms with Crippen LogP contribution in [0.3, 0.4) is 0 Å². The van der Waals surface area contributed by atoms with Crippen molar-refractivity contribution in [2.45, 2.75) is 38.5 Å². The summed E-state index contributed by atoms with van der Waals surface area (Å²) < 4.78 is 1.86. The molecule has 1 aromatic heterocycles. The fraction of sp³-hybridized carbons (Fsp3) is 0.474. The lowest BCUT2D eigenvalue weighted by atomic mass is 10.0. The first kappa shape index (κ1) is 17.1. The van der Waals surface area contributed by atoms with Crippen LogP contribution in [0.1, 0.15) is 35.5 Å². The van der Waals surface area contributed by atoms with E-state index in [0.29, 0.717) is 11.7 Å². The molecular weight excluding hydrogens is 318 g/mol. The van der Waals surface area contributed by atoms with E-state index in [1.807, 2.05) is 43.4 Å². The molecule has 0 bridgehead atoms. The van der Waals surface area contributed by atoms with Crippen molar-refractivity contribution in [2.24, 2.45) is 7.05 Å². The zero-order chi connectivity index (χ0) is 17.3. The Bertz CT molecular complexity index is 726. The molecule has 4 nitrogen and oxygen atoms in total. The predicted molar refractivity (Wildman–Crippen MR) is 99.2 cm³/mol. The third-order valence-electron chi connectivity index (χ3n) is 4.94. The molecule has 5 heteroatoms. The lowest BCUT2D eigenvalue weighted by molar-refractivity contribution is -0.132. The Hall–Kier alpha value is -1.75. The van der Waals surface area contributed by atoms with Crippen molar-refractivity contribution in [1.29, 1.82) is 0 Å². The number of carbonyl (C=O) groups excluding carboxylic acids is 1. The second-order valence-electron chi connectivity index (χ2n) is 6.47. The molecule has 1 saturated heterocycles. The first-order valence-electron chi connectivity index (χ1n) is 8.44. The van der Waals surface area contributed by atoms with Crippen LogP contribution in [0.25, 0.3) is 0 Å². The van der Waals surface area contributed by atoms with Crippen molar-refractivity contribution in [3.8, 4) is 0 Å². The van der Waals surface area contributed by atoms with Gasteiger partial charge in [0, 0.05) is 35.9 Å². The highest BCUT2D eigenvalue weighted by atomic mass is 32.2. The van der Waals surface area contributed by atoms with Crippen molar-refractivity contribution in [2.75, 3.05) is 12.3 Å². The lowest BCUT2D eigenvalue weighted by Crippen LogP contribution is -2.44. The van der Waals surface area contributed by atoms with Gasteiger partial charge in [-0.1, -0.05) is 37.3 Å². The summed E-state index contributed by atoms with van der Waals surface area (Å²) in [7, 11) is 1.93.